The summed E-state index contributed by atoms with van der Waals surface area (Å²) >= 11 is 0. The minimum atomic E-state index is -0.364. The Labute approximate surface area is 148 Å². The molecule has 1 aliphatic rings. The van der Waals surface area contributed by atoms with Crippen LogP contribution in [0.3, 0.4) is 0 Å². The third-order valence-corrected chi connectivity index (χ3v) is 5.34. The second kappa shape index (κ2) is 10.7. The van der Waals surface area contributed by atoms with Crippen LogP contribution in [0.4, 0.5) is 0 Å². The largest absolute Gasteiger partial charge is 0.450 e. The number of aliphatic hydroxyl groups excluding tert-OH is 1. The van der Waals surface area contributed by atoms with Crippen LogP contribution in [-0.2, 0) is 6.42 Å². The van der Waals surface area contributed by atoms with Crippen LogP contribution in [0.2, 0.25) is 12.6 Å². The lowest BCUT2D eigenvalue weighted by molar-refractivity contribution is 0.212. The monoisotopic (exact) mass is 328 g/mol. The van der Waals surface area contributed by atoms with E-state index in [0.717, 1.165) is 38.3 Å². The predicted molar refractivity (Wildman–Crippen MR) is 103 cm³/mol. The van der Waals surface area contributed by atoms with E-state index in [1.807, 2.05) is 24.3 Å². The van der Waals surface area contributed by atoms with Gasteiger partial charge in [0.1, 0.15) is 0 Å². The van der Waals surface area contributed by atoms with E-state index in [-0.39, 0.29) is 13.0 Å². The molecular weight excluding hydrogens is 295 g/mol. The van der Waals surface area contributed by atoms with Gasteiger partial charge < -0.3 is 10.1 Å². The number of benzene rings is 1. The van der Waals surface area contributed by atoms with Gasteiger partial charge in [0.05, 0.1) is 6.10 Å². The molecule has 0 aliphatic heterocycles. The molecule has 0 aromatic heterocycles. The van der Waals surface area contributed by atoms with E-state index >= 15 is 0 Å². The zero-order valence-electron chi connectivity index (χ0n) is 15.1. The number of unbranched alkanes of at least 4 members (excludes halogenated alkanes) is 1. The van der Waals surface area contributed by atoms with E-state index in [2.05, 4.69) is 25.1 Å². The minimum Gasteiger partial charge on any atom is -0.450 e. The van der Waals surface area contributed by atoms with Gasteiger partial charge in [-0.1, -0.05) is 75.1 Å². The Morgan fingerprint density at radius 1 is 1.25 bits per heavy atom. The van der Waals surface area contributed by atoms with Crippen LogP contribution >= 0.6 is 0 Å². The van der Waals surface area contributed by atoms with E-state index in [4.69, 9.17) is 0 Å². The summed E-state index contributed by atoms with van der Waals surface area (Å²) in [5, 5.41) is 20.4. The van der Waals surface area contributed by atoms with Crippen molar-refractivity contribution in [3.05, 3.63) is 48.0 Å². The standard InChI is InChI=1S/C21H33BO2/c1-2-3-16-22(24)17-20-11-7-10-19(20)13-15-21(23)14-12-18-8-5-4-6-9-18/h4-6,8-9,13,15,19-21,23-24H,2-3,7,10-12,14,16-17H2,1H3/b15-13+/t19?,20-,21?/m0/s1. The fourth-order valence-electron chi connectivity index (χ4n) is 3.85. The molecular formula is C21H33BO2. The summed E-state index contributed by atoms with van der Waals surface area (Å²) in [6.45, 7) is 2.02. The maximum Gasteiger partial charge on any atom is 0.289 e. The Balaban J connectivity index is 1.74. The van der Waals surface area contributed by atoms with Crippen molar-refractivity contribution in [3.8, 4) is 0 Å². The van der Waals surface area contributed by atoms with Crippen molar-refractivity contribution in [3.63, 3.8) is 0 Å². The summed E-state index contributed by atoms with van der Waals surface area (Å²) in [6.07, 6.45) is 13.3. The van der Waals surface area contributed by atoms with Gasteiger partial charge in [0, 0.05) is 0 Å². The average Bonchev–Trinajstić information content (AvgIpc) is 3.04. The molecule has 132 valence electrons. The van der Waals surface area contributed by atoms with Crippen molar-refractivity contribution in [2.24, 2.45) is 11.8 Å². The number of hydrogen-bond donors (Lipinski definition) is 2. The lowest BCUT2D eigenvalue weighted by Crippen LogP contribution is -2.19. The Morgan fingerprint density at radius 3 is 2.79 bits per heavy atom. The minimum absolute atomic E-state index is 0.146. The Bertz CT molecular complexity index is 474. The average molecular weight is 328 g/mol. The first-order valence-electron chi connectivity index (χ1n) is 9.77. The van der Waals surface area contributed by atoms with Gasteiger partial charge in [-0.15, -0.1) is 0 Å². The molecule has 3 atom stereocenters. The summed E-state index contributed by atoms with van der Waals surface area (Å²) in [7, 11) is 0. The number of aliphatic hydroxyl groups is 1. The molecule has 1 aliphatic carbocycles. The van der Waals surface area contributed by atoms with Gasteiger partial charge in [-0.05, 0) is 49.3 Å². The Kier molecular flexibility index (Phi) is 8.62. The molecule has 2 unspecified atom stereocenters. The molecule has 1 aromatic carbocycles. The fourth-order valence-corrected chi connectivity index (χ4v) is 3.85. The van der Waals surface area contributed by atoms with Crippen molar-refractivity contribution in [2.75, 3.05) is 0 Å². The van der Waals surface area contributed by atoms with Gasteiger partial charge in [0.2, 0.25) is 0 Å². The van der Waals surface area contributed by atoms with E-state index in [0.29, 0.717) is 11.8 Å². The molecule has 24 heavy (non-hydrogen) atoms. The fraction of sp³-hybridized carbons (Fsp3) is 0.619. The van der Waals surface area contributed by atoms with Crippen molar-refractivity contribution in [2.45, 2.75) is 70.6 Å². The van der Waals surface area contributed by atoms with Crippen LogP contribution in [-0.4, -0.2) is 23.2 Å². The number of allylic oxidation sites excluding steroid dienone is 1. The maximum absolute atomic E-state index is 10.2. The van der Waals surface area contributed by atoms with Crippen LogP contribution in [0, 0.1) is 11.8 Å². The molecule has 2 rings (SSSR count). The molecule has 0 heterocycles. The van der Waals surface area contributed by atoms with E-state index in [9.17, 15) is 10.1 Å². The van der Waals surface area contributed by atoms with Crippen LogP contribution < -0.4 is 0 Å². The van der Waals surface area contributed by atoms with Gasteiger partial charge in [0.25, 0.3) is 6.92 Å². The second-order valence-corrected chi connectivity index (χ2v) is 7.36. The highest BCUT2D eigenvalue weighted by atomic mass is 16.3. The molecule has 1 fully saturated rings. The lowest BCUT2D eigenvalue weighted by Gasteiger charge is -2.18. The van der Waals surface area contributed by atoms with Gasteiger partial charge in [-0.2, -0.15) is 0 Å². The SMILES string of the molecule is CCCCB(O)C[C@@H]1CCCC1/C=C/C(O)CCc1ccccc1. The first-order valence-corrected chi connectivity index (χ1v) is 9.77. The first kappa shape index (κ1) is 19.3. The molecule has 0 amide bonds. The molecule has 0 bridgehead atoms. The zero-order chi connectivity index (χ0) is 17.2. The summed E-state index contributed by atoms with van der Waals surface area (Å²) in [5.41, 5.74) is 1.28. The predicted octanol–water partition coefficient (Wildman–Crippen LogP) is 4.74. The van der Waals surface area contributed by atoms with Crippen LogP contribution in [0.15, 0.2) is 42.5 Å². The first-order chi connectivity index (χ1) is 11.7. The highest BCUT2D eigenvalue weighted by Crippen LogP contribution is 2.36. The summed E-state index contributed by atoms with van der Waals surface area (Å²) in [5.74, 6) is 1.13. The van der Waals surface area contributed by atoms with E-state index in [1.54, 1.807) is 0 Å². The van der Waals surface area contributed by atoms with Crippen molar-refractivity contribution >= 4 is 6.92 Å². The highest BCUT2D eigenvalue weighted by Gasteiger charge is 2.28. The number of hydrogen-bond acceptors (Lipinski definition) is 2. The normalized spacial score (nSPS) is 22.1. The molecule has 2 nitrogen and oxygen atoms in total. The topological polar surface area (TPSA) is 40.5 Å². The number of rotatable bonds is 10. The molecule has 2 N–H and O–H groups in total. The smallest absolute Gasteiger partial charge is 0.289 e. The third-order valence-electron chi connectivity index (χ3n) is 5.34. The van der Waals surface area contributed by atoms with Crippen molar-refractivity contribution in [1.82, 2.24) is 0 Å². The van der Waals surface area contributed by atoms with E-state index < -0.39 is 0 Å². The molecule has 0 radical (unpaired) electrons. The highest BCUT2D eigenvalue weighted by molar-refractivity contribution is 6.50. The summed E-state index contributed by atoms with van der Waals surface area (Å²) < 4.78 is 0. The maximum atomic E-state index is 10.2. The summed E-state index contributed by atoms with van der Waals surface area (Å²) in [4.78, 5) is 0. The molecule has 1 aromatic rings. The van der Waals surface area contributed by atoms with Crippen molar-refractivity contribution in [1.29, 1.82) is 0 Å². The quantitative estimate of drug-likeness (QED) is 0.481. The van der Waals surface area contributed by atoms with Gasteiger partial charge in [-0.25, -0.2) is 0 Å². The van der Waals surface area contributed by atoms with Crippen LogP contribution in [0.1, 0.15) is 51.0 Å². The molecule has 1 saturated carbocycles. The molecule has 3 heteroatoms. The second-order valence-electron chi connectivity index (χ2n) is 7.36. The number of aryl methyl sites for hydroxylation is 1. The summed E-state index contributed by atoms with van der Waals surface area (Å²) in [6, 6.07) is 10.3. The zero-order valence-corrected chi connectivity index (χ0v) is 15.1. The Morgan fingerprint density at radius 2 is 2.04 bits per heavy atom. The van der Waals surface area contributed by atoms with E-state index in [1.165, 1.54) is 24.8 Å². The lowest BCUT2D eigenvalue weighted by atomic mass is 9.56. The van der Waals surface area contributed by atoms with Crippen molar-refractivity contribution < 1.29 is 10.1 Å². The molecule has 0 spiro atoms. The van der Waals surface area contributed by atoms with Crippen LogP contribution in [0.25, 0.3) is 0 Å². The third kappa shape index (κ3) is 6.82. The van der Waals surface area contributed by atoms with Crippen LogP contribution in [0.5, 0.6) is 0 Å². The van der Waals surface area contributed by atoms with Gasteiger partial charge in [-0.3, -0.25) is 0 Å². The molecule has 0 saturated heterocycles. The Hall–Kier alpha value is -1.06. The van der Waals surface area contributed by atoms with Gasteiger partial charge >= 0.3 is 0 Å². The van der Waals surface area contributed by atoms with Gasteiger partial charge in [0.15, 0.2) is 0 Å².